The van der Waals surface area contributed by atoms with Gasteiger partial charge in [0.05, 0.1) is 13.2 Å². The summed E-state index contributed by atoms with van der Waals surface area (Å²) in [4.78, 5) is 4.94. The minimum atomic E-state index is 0.819. The van der Waals surface area contributed by atoms with Crippen molar-refractivity contribution in [1.29, 1.82) is 0 Å². The SMILES string of the molecule is CC[C@@H](C)CN(C)CCN1CCOCC1. The molecule has 1 rings (SSSR count). The first-order chi connectivity index (χ1) is 7.22. The zero-order valence-electron chi connectivity index (χ0n) is 10.5. The van der Waals surface area contributed by atoms with Crippen LogP contribution in [0.1, 0.15) is 20.3 Å². The Morgan fingerprint density at radius 1 is 1.33 bits per heavy atom. The lowest BCUT2D eigenvalue weighted by Gasteiger charge is -2.29. The lowest BCUT2D eigenvalue weighted by Crippen LogP contribution is -2.41. The largest absolute Gasteiger partial charge is 0.379 e. The molecule has 90 valence electrons. The van der Waals surface area contributed by atoms with Crippen LogP contribution in [0.4, 0.5) is 0 Å². The van der Waals surface area contributed by atoms with E-state index in [-0.39, 0.29) is 0 Å². The van der Waals surface area contributed by atoms with Crippen LogP contribution in [0.5, 0.6) is 0 Å². The Bertz CT molecular complexity index is 158. The molecule has 0 aromatic carbocycles. The number of rotatable bonds is 6. The highest BCUT2D eigenvalue weighted by Crippen LogP contribution is 2.03. The fraction of sp³-hybridized carbons (Fsp3) is 1.00. The van der Waals surface area contributed by atoms with Crippen molar-refractivity contribution in [3.8, 4) is 0 Å². The summed E-state index contributed by atoms with van der Waals surface area (Å²) in [6, 6.07) is 0. The standard InChI is InChI=1S/C12H26N2O/c1-4-12(2)11-13(3)5-6-14-7-9-15-10-8-14/h12H,4-11H2,1-3H3/t12-/m1/s1. The summed E-state index contributed by atoms with van der Waals surface area (Å²) in [5.74, 6) is 0.819. The van der Waals surface area contributed by atoms with E-state index >= 15 is 0 Å². The second kappa shape index (κ2) is 7.20. The molecule has 1 aliphatic heterocycles. The maximum absolute atomic E-state index is 5.33. The topological polar surface area (TPSA) is 15.7 Å². The van der Waals surface area contributed by atoms with Gasteiger partial charge in [0, 0.05) is 32.7 Å². The van der Waals surface area contributed by atoms with Crippen molar-refractivity contribution in [2.75, 3.05) is 53.0 Å². The maximum atomic E-state index is 5.33. The number of hydrogen-bond acceptors (Lipinski definition) is 3. The Morgan fingerprint density at radius 3 is 2.60 bits per heavy atom. The molecule has 0 aromatic heterocycles. The lowest BCUT2D eigenvalue weighted by atomic mass is 10.1. The van der Waals surface area contributed by atoms with Crippen LogP contribution in [-0.2, 0) is 4.74 Å². The first-order valence-corrected chi connectivity index (χ1v) is 6.21. The number of ether oxygens (including phenoxy) is 1. The van der Waals surface area contributed by atoms with Gasteiger partial charge in [0.1, 0.15) is 0 Å². The van der Waals surface area contributed by atoms with E-state index in [4.69, 9.17) is 4.74 Å². The first kappa shape index (κ1) is 12.9. The molecule has 1 heterocycles. The predicted molar refractivity (Wildman–Crippen MR) is 64.2 cm³/mol. The monoisotopic (exact) mass is 214 g/mol. The Morgan fingerprint density at radius 2 is 2.00 bits per heavy atom. The van der Waals surface area contributed by atoms with E-state index in [1.54, 1.807) is 0 Å². The molecule has 3 heteroatoms. The quantitative estimate of drug-likeness (QED) is 0.663. The second-order valence-corrected chi connectivity index (χ2v) is 4.73. The molecular weight excluding hydrogens is 188 g/mol. The number of nitrogens with zero attached hydrogens (tertiary/aromatic N) is 2. The molecule has 15 heavy (non-hydrogen) atoms. The van der Waals surface area contributed by atoms with Crippen LogP contribution in [0.2, 0.25) is 0 Å². The third-order valence-electron chi connectivity index (χ3n) is 3.22. The van der Waals surface area contributed by atoms with Crippen LogP contribution in [0.15, 0.2) is 0 Å². The van der Waals surface area contributed by atoms with Gasteiger partial charge in [-0.15, -0.1) is 0 Å². The molecule has 0 aromatic rings. The molecule has 0 unspecified atom stereocenters. The normalized spacial score (nSPS) is 20.8. The molecule has 0 saturated carbocycles. The third-order valence-corrected chi connectivity index (χ3v) is 3.22. The average molecular weight is 214 g/mol. The van der Waals surface area contributed by atoms with Crippen molar-refractivity contribution in [3.63, 3.8) is 0 Å². The first-order valence-electron chi connectivity index (χ1n) is 6.21. The third kappa shape index (κ3) is 5.50. The molecule has 1 atom stereocenters. The molecule has 1 aliphatic rings. The van der Waals surface area contributed by atoms with E-state index in [1.807, 2.05) is 0 Å². The van der Waals surface area contributed by atoms with E-state index in [2.05, 4.69) is 30.7 Å². The zero-order chi connectivity index (χ0) is 11.1. The number of hydrogen-bond donors (Lipinski definition) is 0. The fourth-order valence-corrected chi connectivity index (χ4v) is 1.89. The van der Waals surface area contributed by atoms with Crippen molar-refractivity contribution >= 4 is 0 Å². The molecule has 0 bridgehead atoms. The van der Waals surface area contributed by atoms with Crippen molar-refractivity contribution in [2.24, 2.45) is 5.92 Å². The Kier molecular flexibility index (Phi) is 6.22. The van der Waals surface area contributed by atoms with Gasteiger partial charge in [0.25, 0.3) is 0 Å². The van der Waals surface area contributed by atoms with Crippen molar-refractivity contribution in [2.45, 2.75) is 20.3 Å². The van der Waals surface area contributed by atoms with Gasteiger partial charge in [-0.2, -0.15) is 0 Å². The Labute approximate surface area is 94.4 Å². The van der Waals surface area contributed by atoms with Gasteiger partial charge in [-0.25, -0.2) is 0 Å². The van der Waals surface area contributed by atoms with Gasteiger partial charge in [0.15, 0.2) is 0 Å². The van der Waals surface area contributed by atoms with Gasteiger partial charge in [-0.1, -0.05) is 20.3 Å². The van der Waals surface area contributed by atoms with Crippen LogP contribution in [-0.4, -0.2) is 62.8 Å². The summed E-state index contributed by atoms with van der Waals surface area (Å²) < 4.78 is 5.33. The number of likely N-dealkylation sites (N-methyl/N-ethyl adjacent to an activating group) is 1. The van der Waals surface area contributed by atoms with E-state index in [9.17, 15) is 0 Å². The fourth-order valence-electron chi connectivity index (χ4n) is 1.89. The second-order valence-electron chi connectivity index (χ2n) is 4.73. The molecule has 0 amide bonds. The molecular formula is C12H26N2O. The zero-order valence-corrected chi connectivity index (χ0v) is 10.5. The van der Waals surface area contributed by atoms with E-state index < -0.39 is 0 Å². The van der Waals surface area contributed by atoms with Crippen LogP contribution in [0.25, 0.3) is 0 Å². The molecule has 0 spiro atoms. The maximum Gasteiger partial charge on any atom is 0.0594 e. The van der Waals surface area contributed by atoms with E-state index in [0.717, 1.165) is 32.2 Å². The molecule has 1 saturated heterocycles. The summed E-state index contributed by atoms with van der Waals surface area (Å²) in [5.41, 5.74) is 0. The van der Waals surface area contributed by atoms with Crippen molar-refractivity contribution in [3.05, 3.63) is 0 Å². The summed E-state index contributed by atoms with van der Waals surface area (Å²) >= 11 is 0. The van der Waals surface area contributed by atoms with E-state index in [0.29, 0.717) is 0 Å². The molecule has 3 nitrogen and oxygen atoms in total. The van der Waals surface area contributed by atoms with Crippen molar-refractivity contribution in [1.82, 2.24) is 9.80 Å². The van der Waals surface area contributed by atoms with Gasteiger partial charge in [0.2, 0.25) is 0 Å². The van der Waals surface area contributed by atoms with Gasteiger partial charge < -0.3 is 9.64 Å². The minimum Gasteiger partial charge on any atom is -0.379 e. The minimum absolute atomic E-state index is 0.819. The van der Waals surface area contributed by atoms with Crippen LogP contribution < -0.4 is 0 Å². The van der Waals surface area contributed by atoms with Gasteiger partial charge >= 0.3 is 0 Å². The van der Waals surface area contributed by atoms with Crippen LogP contribution in [0, 0.1) is 5.92 Å². The summed E-state index contributed by atoms with van der Waals surface area (Å²) in [5, 5.41) is 0. The smallest absolute Gasteiger partial charge is 0.0594 e. The highest BCUT2D eigenvalue weighted by molar-refractivity contribution is 4.65. The number of morpholine rings is 1. The predicted octanol–water partition coefficient (Wildman–Crippen LogP) is 1.30. The van der Waals surface area contributed by atoms with Gasteiger partial charge in [-0.3, -0.25) is 4.90 Å². The Hall–Kier alpha value is -0.120. The highest BCUT2D eigenvalue weighted by atomic mass is 16.5. The van der Waals surface area contributed by atoms with Crippen LogP contribution >= 0.6 is 0 Å². The molecule has 0 aliphatic carbocycles. The van der Waals surface area contributed by atoms with Crippen molar-refractivity contribution < 1.29 is 4.74 Å². The summed E-state index contributed by atoms with van der Waals surface area (Å²) in [6.07, 6.45) is 1.28. The van der Waals surface area contributed by atoms with E-state index in [1.165, 1.54) is 26.1 Å². The average Bonchev–Trinajstić information content (AvgIpc) is 2.27. The molecule has 1 fully saturated rings. The Balaban J connectivity index is 2.07. The van der Waals surface area contributed by atoms with Gasteiger partial charge in [-0.05, 0) is 13.0 Å². The molecule has 0 N–H and O–H groups in total. The highest BCUT2D eigenvalue weighted by Gasteiger charge is 2.11. The lowest BCUT2D eigenvalue weighted by molar-refractivity contribution is 0.0340. The summed E-state index contributed by atoms with van der Waals surface area (Å²) in [7, 11) is 2.23. The summed E-state index contributed by atoms with van der Waals surface area (Å²) in [6.45, 7) is 12.2. The molecule has 0 radical (unpaired) electrons. The van der Waals surface area contributed by atoms with Crippen LogP contribution in [0.3, 0.4) is 0 Å².